The second-order valence-electron chi connectivity index (χ2n) is 6.08. The Kier molecular flexibility index (Phi) is 6.07. The van der Waals surface area contributed by atoms with Crippen molar-refractivity contribution in [1.29, 1.82) is 0 Å². The molecule has 0 aromatic heterocycles. The van der Waals surface area contributed by atoms with Crippen LogP contribution in [-0.2, 0) is 11.3 Å². The fourth-order valence-electron chi connectivity index (χ4n) is 2.81. The Balaban J connectivity index is 1.86. The van der Waals surface area contributed by atoms with Gasteiger partial charge in [0.1, 0.15) is 12.4 Å². The van der Waals surface area contributed by atoms with Crippen molar-refractivity contribution < 1.29 is 19.4 Å². The van der Waals surface area contributed by atoms with Gasteiger partial charge in [0.2, 0.25) is 0 Å². The van der Waals surface area contributed by atoms with Gasteiger partial charge in [-0.1, -0.05) is 25.0 Å². The fraction of sp³-hybridized carbons (Fsp3) is 0.444. The maximum absolute atomic E-state index is 12.3. The van der Waals surface area contributed by atoms with E-state index >= 15 is 0 Å². The Labute approximate surface area is 141 Å². The number of terminal acetylenes is 1. The minimum absolute atomic E-state index is 0.179. The van der Waals surface area contributed by atoms with Crippen LogP contribution in [-0.4, -0.2) is 41.7 Å². The molecule has 1 aromatic carbocycles. The van der Waals surface area contributed by atoms with Gasteiger partial charge in [0.15, 0.2) is 0 Å². The van der Waals surface area contributed by atoms with Crippen LogP contribution in [0.25, 0.3) is 0 Å². The number of nitrogens with zero attached hydrogens (tertiary/aromatic N) is 1. The molecule has 2 atom stereocenters. The number of nitrogens with one attached hydrogen (secondary N) is 1. The largest absolute Gasteiger partial charge is 0.481 e. The number of benzene rings is 1. The molecule has 1 aliphatic rings. The zero-order valence-electron chi connectivity index (χ0n) is 13.7. The lowest BCUT2D eigenvalue weighted by molar-refractivity contribution is -0.143. The van der Waals surface area contributed by atoms with Crippen molar-refractivity contribution in [3.63, 3.8) is 0 Å². The molecule has 2 rings (SSSR count). The number of carboxylic acid groups (broad SMARTS) is 1. The zero-order chi connectivity index (χ0) is 17.5. The van der Waals surface area contributed by atoms with Crippen molar-refractivity contribution in [3.05, 3.63) is 29.8 Å². The van der Waals surface area contributed by atoms with E-state index in [0.717, 1.165) is 5.56 Å². The summed E-state index contributed by atoms with van der Waals surface area (Å²) >= 11 is 0. The van der Waals surface area contributed by atoms with E-state index in [1.807, 2.05) is 19.1 Å². The van der Waals surface area contributed by atoms with Gasteiger partial charge in [0, 0.05) is 19.6 Å². The summed E-state index contributed by atoms with van der Waals surface area (Å²) in [6, 6.07) is 7.06. The monoisotopic (exact) mass is 330 g/mol. The highest BCUT2D eigenvalue weighted by molar-refractivity contribution is 5.76. The van der Waals surface area contributed by atoms with Gasteiger partial charge in [-0.05, 0) is 30.0 Å². The maximum atomic E-state index is 12.3. The van der Waals surface area contributed by atoms with E-state index < -0.39 is 11.9 Å². The van der Waals surface area contributed by atoms with Crippen molar-refractivity contribution in [2.24, 2.45) is 11.8 Å². The number of carbonyl (C=O) groups excluding carboxylic acids is 1. The van der Waals surface area contributed by atoms with Crippen molar-refractivity contribution >= 4 is 12.0 Å². The van der Waals surface area contributed by atoms with Gasteiger partial charge in [-0.3, -0.25) is 4.79 Å². The quantitative estimate of drug-likeness (QED) is 0.809. The van der Waals surface area contributed by atoms with Crippen LogP contribution in [0.3, 0.4) is 0 Å². The van der Waals surface area contributed by atoms with E-state index in [-0.39, 0.29) is 25.1 Å². The number of urea groups is 1. The van der Waals surface area contributed by atoms with Crippen molar-refractivity contribution in [1.82, 2.24) is 10.2 Å². The number of carbonyl (C=O) groups is 2. The van der Waals surface area contributed by atoms with E-state index in [9.17, 15) is 9.59 Å². The first kappa shape index (κ1) is 17.7. The van der Waals surface area contributed by atoms with Gasteiger partial charge in [0.25, 0.3) is 0 Å². The standard InChI is InChI=1S/C18H22N2O4/c1-3-8-24-16-6-4-14(5-7-16)10-19-18(23)20-11-13(2)9-15(12-20)17(21)22/h1,4-7,13,15H,8-12H2,2H3,(H,19,23)(H,21,22). The van der Waals surface area contributed by atoms with Crippen LogP contribution in [0.1, 0.15) is 18.9 Å². The van der Waals surface area contributed by atoms with Crippen LogP contribution in [0, 0.1) is 24.2 Å². The first-order chi connectivity index (χ1) is 11.5. The molecule has 1 saturated heterocycles. The van der Waals surface area contributed by atoms with Gasteiger partial charge in [0.05, 0.1) is 5.92 Å². The number of aliphatic carboxylic acids is 1. The summed E-state index contributed by atoms with van der Waals surface area (Å²) in [4.78, 5) is 25.0. The molecule has 0 saturated carbocycles. The maximum Gasteiger partial charge on any atom is 0.317 e. The molecule has 6 nitrogen and oxygen atoms in total. The molecule has 2 unspecified atom stereocenters. The summed E-state index contributed by atoms with van der Waals surface area (Å²) in [5.74, 6) is 1.91. The topological polar surface area (TPSA) is 78.9 Å². The number of piperidine rings is 1. The summed E-state index contributed by atoms with van der Waals surface area (Å²) in [6.45, 7) is 3.38. The molecule has 1 aromatic rings. The minimum Gasteiger partial charge on any atom is -0.481 e. The lowest BCUT2D eigenvalue weighted by Crippen LogP contribution is -2.49. The molecule has 1 fully saturated rings. The van der Waals surface area contributed by atoms with E-state index in [2.05, 4.69) is 11.2 Å². The van der Waals surface area contributed by atoms with Gasteiger partial charge < -0.3 is 20.1 Å². The van der Waals surface area contributed by atoms with E-state index in [4.69, 9.17) is 16.3 Å². The highest BCUT2D eigenvalue weighted by atomic mass is 16.5. The zero-order valence-corrected chi connectivity index (χ0v) is 13.7. The third kappa shape index (κ3) is 4.92. The average Bonchev–Trinajstić information content (AvgIpc) is 2.58. The Morgan fingerprint density at radius 3 is 2.71 bits per heavy atom. The van der Waals surface area contributed by atoms with Crippen molar-refractivity contribution in [3.8, 4) is 18.1 Å². The number of likely N-dealkylation sites (tertiary alicyclic amines) is 1. The van der Waals surface area contributed by atoms with E-state index in [0.29, 0.717) is 25.3 Å². The lowest BCUT2D eigenvalue weighted by Gasteiger charge is -2.34. The number of hydrogen-bond donors (Lipinski definition) is 2. The van der Waals surface area contributed by atoms with Gasteiger partial charge in [-0.15, -0.1) is 6.42 Å². The second kappa shape index (κ2) is 8.25. The van der Waals surface area contributed by atoms with E-state index in [1.54, 1.807) is 17.0 Å². The molecule has 1 aliphatic heterocycles. The minimum atomic E-state index is -0.845. The second-order valence-corrected chi connectivity index (χ2v) is 6.08. The van der Waals surface area contributed by atoms with Gasteiger partial charge in [-0.2, -0.15) is 0 Å². The van der Waals surface area contributed by atoms with Crippen LogP contribution in [0.2, 0.25) is 0 Å². The normalized spacial score (nSPS) is 20.1. The molecule has 0 aliphatic carbocycles. The Hall–Kier alpha value is -2.68. The third-order valence-corrected chi connectivity index (χ3v) is 3.99. The van der Waals surface area contributed by atoms with Gasteiger partial charge >= 0.3 is 12.0 Å². The molecule has 128 valence electrons. The van der Waals surface area contributed by atoms with Crippen molar-refractivity contribution in [2.45, 2.75) is 19.9 Å². The summed E-state index contributed by atoms with van der Waals surface area (Å²) < 4.78 is 5.29. The molecule has 2 N–H and O–H groups in total. The van der Waals surface area contributed by atoms with Crippen LogP contribution >= 0.6 is 0 Å². The van der Waals surface area contributed by atoms with Crippen molar-refractivity contribution in [2.75, 3.05) is 19.7 Å². The molecular formula is C18H22N2O4. The molecule has 0 spiro atoms. The smallest absolute Gasteiger partial charge is 0.317 e. The summed E-state index contributed by atoms with van der Waals surface area (Å²) in [7, 11) is 0. The number of ether oxygens (including phenoxy) is 1. The number of rotatable bonds is 5. The predicted octanol–water partition coefficient (Wildman–Crippen LogP) is 1.95. The fourth-order valence-corrected chi connectivity index (χ4v) is 2.81. The highest BCUT2D eigenvalue weighted by Crippen LogP contribution is 2.21. The number of hydrogen-bond acceptors (Lipinski definition) is 3. The first-order valence-corrected chi connectivity index (χ1v) is 7.90. The molecule has 2 amide bonds. The SMILES string of the molecule is C#CCOc1ccc(CNC(=O)N2CC(C)CC(C(=O)O)C2)cc1. The Bertz CT molecular complexity index is 621. The lowest BCUT2D eigenvalue weighted by atomic mass is 9.91. The summed E-state index contributed by atoms with van der Waals surface area (Å²) in [5.41, 5.74) is 0.927. The Morgan fingerprint density at radius 1 is 1.38 bits per heavy atom. The first-order valence-electron chi connectivity index (χ1n) is 7.90. The molecule has 24 heavy (non-hydrogen) atoms. The number of carboxylic acids is 1. The predicted molar refractivity (Wildman–Crippen MR) is 89.5 cm³/mol. The molecular weight excluding hydrogens is 308 g/mol. The van der Waals surface area contributed by atoms with Crippen LogP contribution in [0.5, 0.6) is 5.75 Å². The molecule has 1 heterocycles. The van der Waals surface area contributed by atoms with Crippen LogP contribution < -0.4 is 10.1 Å². The molecule has 0 radical (unpaired) electrons. The average molecular weight is 330 g/mol. The summed E-state index contributed by atoms with van der Waals surface area (Å²) in [5, 5.41) is 12.0. The highest BCUT2D eigenvalue weighted by Gasteiger charge is 2.31. The van der Waals surface area contributed by atoms with E-state index in [1.165, 1.54) is 0 Å². The number of amides is 2. The van der Waals surface area contributed by atoms with Crippen LogP contribution in [0.4, 0.5) is 4.79 Å². The third-order valence-electron chi connectivity index (χ3n) is 3.99. The summed E-state index contributed by atoms with van der Waals surface area (Å²) in [6.07, 6.45) is 5.74. The van der Waals surface area contributed by atoms with Crippen LogP contribution in [0.15, 0.2) is 24.3 Å². The Morgan fingerprint density at radius 2 is 2.08 bits per heavy atom. The molecule has 6 heteroatoms. The molecule has 0 bridgehead atoms. The van der Waals surface area contributed by atoms with Gasteiger partial charge in [-0.25, -0.2) is 4.79 Å².